The third-order valence-electron chi connectivity index (χ3n) is 3.31. The molecule has 0 saturated carbocycles. The van der Waals surface area contributed by atoms with Gasteiger partial charge in [0.25, 0.3) is 0 Å². The van der Waals surface area contributed by atoms with E-state index >= 15 is 0 Å². The van der Waals surface area contributed by atoms with Gasteiger partial charge >= 0.3 is 0 Å². The van der Waals surface area contributed by atoms with E-state index in [2.05, 4.69) is 11.0 Å². The molecule has 0 unspecified atom stereocenters. The molecule has 2 aromatic rings. The molecule has 0 bridgehead atoms. The van der Waals surface area contributed by atoms with E-state index in [4.69, 9.17) is 10.2 Å². The third-order valence-corrected chi connectivity index (χ3v) is 3.31. The molecule has 3 rings (SSSR count). The zero-order valence-corrected chi connectivity index (χ0v) is 9.73. The smallest absolute Gasteiger partial charge is 0.123 e. The van der Waals surface area contributed by atoms with Crippen LogP contribution >= 0.6 is 0 Å². The van der Waals surface area contributed by atoms with Gasteiger partial charge in [0.1, 0.15) is 5.76 Å². The van der Waals surface area contributed by atoms with Crippen LogP contribution in [0.1, 0.15) is 17.7 Å². The van der Waals surface area contributed by atoms with Crippen LogP contribution in [0.15, 0.2) is 41.0 Å². The summed E-state index contributed by atoms with van der Waals surface area (Å²) in [6.45, 7) is 1.89. The molecule has 3 nitrogen and oxygen atoms in total. The molecular formula is C14H16N2O. The number of nitrogens with zero attached hydrogens (tertiary/aromatic N) is 1. The molecule has 0 saturated heterocycles. The summed E-state index contributed by atoms with van der Waals surface area (Å²) in [6, 6.07) is 10.1. The van der Waals surface area contributed by atoms with Gasteiger partial charge in [0, 0.05) is 17.9 Å². The highest BCUT2D eigenvalue weighted by Gasteiger charge is 2.19. The molecule has 17 heavy (non-hydrogen) atoms. The molecule has 0 radical (unpaired) electrons. The van der Waals surface area contributed by atoms with Crippen LogP contribution in [-0.2, 0) is 13.0 Å². The Morgan fingerprint density at radius 1 is 1.24 bits per heavy atom. The summed E-state index contributed by atoms with van der Waals surface area (Å²) in [5, 5.41) is 0. The monoisotopic (exact) mass is 228 g/mol. The lowest BCUT2D eigenvalue weighted by Crippen LogP contribution is -2.29. The second-order valence-electron chi connectivity index (χ2n) is 4.45. The first kappa shape index (κ1) is 10.3. The zero-order chi connectivity index (χ0) is 11.7. The van der Waals surface area contributed by atoms with Gasteiger partial charge in [-0.2, -0.15) is 0 Å². The molecule has 2 heterocycles. The topological polar surface area (TPSA) is 42.4 Å². The number of nitrogens with two attached hydrogens (primary N) is 1. The van der Waals surface area contributed by atoms with E-state index in [1.54, 1.807) is 6.26 Å². The van der Waals surface area contributed by atoms with Crippen LogP contribution in [0.25, 0.3) is 0 Å². The van der Waals surface area contributed by atoms with Gasteiger partial charge in [-0.15, -0.1) is 0 Å². The predicted octanol–water partition coefficient (Wildman–Crippen LogP) is 2.81. The Balaban J connectivity index is 1.92. The van der Waals surface area contributed by atoms with E-state index in [1.807, 2.05) is 24.3 Å². The van der Waals surface area contributed by atoms with Crippen molar-refractivity contribution in [3.05, 3.63) is 47.9 Å². The Morgan fingerprint density at radius 2 is 2.18 bits per heavy atom. The van der Waals surface area contributed by atoms with E-state index in [-0.39, 0.29) is 0 Å². The van der Waals surface area contributed by atoms with Crippen LogP contribution in [0.4, 0.5) is 11.4 Å². The molecular weight excluding hydrogens is 212 g/mol. The van der Waals surface area contributed by atoms with Crippen LogP contribution in [0, 0.1) is 0 Å². The van der Waals surface area contributed by atoms with Gasteiger partial charge in [0.2, 0.25) is 0 Å². The lowest BCUT2D eigenvalue weighted by atomic mass is 10.00. The molecule has 1 aromatic carbocycles. The largest absolute Gasteiger partial charge is 0.467 e. The number of fused-ring (bicyclic) bond motifs is 1. The minimum absolute atomic E-state index is 0.823. The molecule has 0 aliphatic carbocycles. The Labute approximate surface area is 101 Å². The van der Waals surface area contributed by atoms with Gasteiger partial charge in [-0.1, -0.05) is 6.07 Å². The van der Waals surface area contributed by atoms with Crippen LogP contribution in [-0.4, -0.2) is 6.54 Å². The van der Waals surface area contributed by atoms with Crippen molar-refractivity contribution >= 4 is 11.4 Å². The standard InChI is InChI=1S/C14H16N2O/c15-13-6-1-7-14-12(13)5-2-8-16(14)10-11-4-3-9-17-11/h1,3-4,6-7,9H,2,5,8,10,15H2. The van der Waals surface area contributed by atoms with Gasteiger partial charge in [-0.3, -0.25) is 0 Å². The molecule has 0 spiro atoms. The second kappa shape index (κ2) is 4.17. The molecule has 1 aliphatic heterocycles. The van der Waals surface area contributed by atoms with E-state index in [0.717, 1.165) is 37.4 Å². The summed E-state index contributed by atoms with van der Waals surface area (Å²) >= 11 is 0. The summed E-state index contributed by atoms with van der Waals surface area (Å²) in [6.07, 6.45) is 3.96. The van der Waals surface area contributed by atoms with E-state index in [0.29, 0.717) is 0 Å². The Bertz CT molecular complexity index is 505. The number of hydrogen-bond acceptors (Lipinski definition) is 3. The van der Waals surface area contributed by atoms with Crippen LogP contribution in [0.5, 0.6) is 0 Å². The molecule has 3 heteroatoms. The molecule has 2 N–H and O–H groups in total. The van der Waals surface area contributed by atoms with Crippen LogP contribution in [0.2, 0.25) is 0 Å². The summed E-state index contributed by atoms with van der Waals surface area (Å²) < 4.78 is 5.41. The van der Waals surface area contributed by atoms with Gasteiger partial charge in [0.05, 0.1) is 12.8 Å². The normalized spacial score (nSPS) is 14.7. The Hall–Kier alpha value is -1.90. The first-order chi connectivity index (χ1) is 8.34. The number of hydrogen-bond donors (Lipinski definition) is 1. The fourth-order valence-electron chi connectivity index (χ4n) is 2.48. The van der Waals surface area contributed by atoms with Crippen LogP contribution in [0.3, 0.4) is 0 Å². The number of anilines is 2. The Morgan fingerprint density at radius 3 is 3.00 bits per heavy atom. The molecule has 88 valence electrons. The first-order valence-corrected chi connectivity index (χ1v) is 5.99. The SMILES string of the molecule is Nc1cccc2c1CCCN2Cc1ccco1. The summed E-state index contributed by atoms with van der Waals surface area (Å²) in [7, 11) is 0. The zero-order valence-electron chi connectivity index (χ0n) is 9.73. The number of furan rings is 1. The Kier molecular flexibility index (Phi) is 2.52. The molecule has 0 atom stereocenters. The van der Waals surface area contributed by atoms with Crippen molar-refractivity contribution in [1.82, 2.24) is 0 Å². The first-order valence-electron chi connectivity index (χ1n) is 5.99. The highest BCUT2D eigenvalue weighted by Crippen LogP contribution is 2.32. The summed E-state index contributed by atoms with van der Waals surface area (Å²) in [5.74, 6) is 1.00. The minimum Gasteiger partial charge on any atom is -0.467 e. The maximum Gasteiger partial charge on any atom is 0.123 e. The van der Waals surface area contributed by atoms with Gasteiger partial charge < -0.3 is 15.1 Å². The van der Waals surface area contributed by atoms with Crippen molar-refractivity contribution < 1.29 is 4.42 Å². The van der Waals surface area contributed by atoms with Crippen molar-refractivity contribution in [2.75, 3.05) is 17.2 Å². The highest BCUT2D eigenvalue weighted by atomic mass is 16.3. The van der Waals surface area contributed by atoms with Crippen molar-refractivity contribution in [2.45, 2.75) is 19.4 Å². The third kappa shape index (κ3) is 1.88. The molecule has 1 aromatic heterocycles. The lowest BCUT2D eigenvalue weighted by Gasteiger charge is -2.31. The number of rotatable bonds is 2. The highest BCUT2D eigenvalue weighted by molar-refractivity contribution is 5.66. The lowest BCUT2D eigenvalue weighted by molar-refractivity contribution is 0.498. The maximum absolute atomic E-state index is 6.03. The van der Waals surface area contributed by atoms with Gasteiger partial charge in [-0.25, -0.2) is 0 Å². The summed E-state index contributed by atoms with van der Waals surface area (Å²) in [5.41, 5.74) is 9.48. The number of nitrogen functional groups attached to an aromatic ring is 1. The average Bonchev–Trinajstić information content (AvgIpc) is 2.83. The minimum atomic E-state index is 0.823. The van der Waals surface area contributed by atoms with Crippen molar-refractivity contribution in [3.8, 4) is 0 Å². The predicted molar refractivity (Wildman–Crippen MR) is 68.9 cm³/mol. The second-order valence-corrected chi connectivity index (χ2v) is 4.45. The van der Waals surface area contributed by atoms with Gasteiger partial charge in [-0.05, 0) is 42.7 Å². The average molecular weight is 228 g/mol. The van der Waals surface area contributed by atoms with Crippen molar-refractivity contribution in [2.24, 2.45) is 0 Å². The fraction of sp³-hybridized carbons (Fsp3) is 0.286. The fourth-order valence-corrected chi connectivity index (χ4v) is 2.48. The van der Waals surface area contributed by atoms with E-state index < -0.39 is 0 Å². The summed E-state index contributed by atoms with van der Waals surface area (Å²) in [4.78, 5) is 2.34. The molecule has 0 amide bonds. The molecule has 1 aliphatic rings. The van der Waals surface area contributed by atoms with Crippen LogP contribution < -0.4 is 10.6 Å². The van der Waals surface area contributed by atoms with Crippen molar-refractivity contribution in [3.63, 3.8) is 0 Å². The van der Waals surface area contributed by atoms with E-state index in [1.165, 1.54) is 11.3 Å². The van der Waals surface area contributed by atoms with Crippen molar-refractivity contribution in [1.29, 1.82) is 0 Å². The quantitative estimate of drug-likeness (QED) is 0.804. The maximum atomic E-state index is 6.03. The number of benzene rings is 1. The van der Waals surface area contributed by atoms with Gasteiger partial charge in [0.15, 0.2) is 0 Å². The molecule has 0 fully saturated rings. The van der Waals surface area contributed by atoms with E-state index in [9.17, 15) is 0 Å².